The summed E-state index contributed by atoms with van der Waals surface area (Å²) in [4.78, 5) is 21.5. The van der Waals surface area contributed by atoms with Gasteiger partial charge in [0, 0.05) is 12.2 Å². The average molecular weight is 248 g/mol. The molecule has 0 fully saturated rings. The molecule has 6 heteroatoms. The lowest BCUT2D eigenvalue weighted by Crippen LogP contribution is -2.29. The molecule has 16 heavy (non-hydrogen) atoms. The van der Waals surface area contributed by atoms with Crippen LogP contribution in [-0.2, 0) is 14.3 Å². The SMILES string of the molecule is COC(=O)CCSCCCCCC(=O)NN. The molecule has 0 spiro atoms. The third-order valence-corrected chi connectivity index (χ3v) is 3.10. The van der Waals surface area contributed by atoms with Crippen LogP contribution >= 0.6 is 11.8 Å². The Balaban J connectivity index is 3.10. The van der Waals surface area contributed by atoms with E-state index in [9.17, 15) is 9.59 Å². The largest absolute Gasteiger partial charge is 0.469 e. The van der Waals surface area contributed by atoms with Gasteiger partial charge in [-0.3, -0.25) is 15.0 Å². The number of hydrogen-bond acceptors (Lipinski definition) is 5. The average Bonchev–Trinajstić information content (AvgIpc) is 2.31. The van der Waals surface area contributed by atoms with Gasteiger partial charge in [0.2, 0.25) is 5.91 Å². The van der Waals surface area contributed by atoms with E-state index in [-0.39, 0.29) is 11.9 Å². The summed E-state index contributed by atoms with van der Waals surface area (Å²) < 4.78 is 4.53. The van der Waals surface area contributed by atoms with E-state index in [1.54, 1.807) is 11.8 Å². The Bertz CT molecular complexity index is 190. The molecule has 0 aromatic heterocycles. The van der Waals surface area contributed by atoms with Crippen LogP contribution in [0, 0.1) is 0 Å². The van der Waals surface area contributed by atoms with Crippen molar-refractivity contribution in [2.24, 2.45) is 5.84 Å². The number of carbonyl (C=O) groups is 2. The van der Waals surface area contributed by atoms with Crippen molar-refractivity contribution in [1.29, 1.82) is 0 Å². The highest BCUT2D eigenvalue weighted by molar-refractivity contribution is 7.99. The fourth-order valence-corrected chi connectivity index (χ4v) is 2.02. The molecule has 0 aliphatic carbocycles. The lowest BCUT2D eigenvalue weighted by molar-refractivity contribution is -0.140. The van der Waals surface area contributed by atoms with Gasteiger partial charge in [-0.25, -0.2) is 5.84 Å². The zero-order valence-electron chi connectivity index (χ0n) is 9.66. The molecule has 0 aromatic carbocycles. The molecule has 0 aromatic rings. The van der Waals surface area contributed by atoms with Crippen molar-refractivity contribution in [3.63, 3.8) is 0 Å². The normalized spacial score (nSPS) is 9.88. The molecule has 0 atom stereocenters. The van der Waals surface area contributed by atoms with Crippen molar-refractivity contribution in [3.05, 3.63) is 0 Å². The number of hydrazine groups is 1. The number of thioether (sulfide) groups is 1. The Morgan fingerprint density at radius 1 is 1.19 bits per heavy atom. The first kappa shape index (κ1) is 15.2. The number of esters is 1. The molecule has 0 radical (unpaired) electrons. The molecular weight excluding hydrogens is 228 g/mol. The van der Waals surface area contributed by atoms with Gasteiger partial charge < -0.3 is 4.74 Å². The third kappa shape index (κ3) is 9.79. The zero-order valence-corrected chi connectivity index (χ0v) is 10.5. The quantitative estimate of drug-likeness (QED) is 0.208. The summed E-state index contributed by atoms with van der Waals surface area (Å²) >= 11 is 1.74. The van der Waals surface area contributed by atoms with Crippen LogP contribution in [0.2, 0.25) is 0 Å². The second kappa shape index (κ2) is 10.8. The number of ether oxygens (including phenoxy) is 1. The Kier molecular flexibility index (Phi) is 10.3. The third-order valence-electron chi connectivity index (χ3n) is 2.03. The summed E-state index contributed by atoms with van der Waals surface area (Å²) in [5.74, 6) is 6.49. The first-order chi connectivity index (χ1) is 7.70. The first-order valence-electron chi connectivity index (χ1n) is 5.34. The zero-order chi connectivity index (χ0) is 12.2. The van der Waals surface area contributed by atoms with Gasteiger partial charge in [0.1, 0.15) is 0 Å². The number of nitrogens with one attached hydrogen (secondary N) is 1. The van der Waals surface area contributed by atoms with Gasteiger partial charge >= 0.3 is 5.97 Å². The van der Waals surface area contributed by atoms with Gasteiger partial charge in [-0.05, 0) is 18.6 Å². The van der Waals surface area contributed by atoms with Gasteiger partial charge in [-0.2, -0.15) is 11.8 Å². The highest BCUT2D eigenvalue weighted by Gasteiger charge is 2.00. The predicted octanol–water partition coefficient (Wildman–Crippen LogP) is 0.833. The highest BCUT2D eigenvalue weighted by atomic mass is 32.2. The molecule has 0 saturated heterocycles. The van der Waals surface area contributed by atoms with Gasteiger partial charge in [-0.15, -0.1) is 0 Å². The van der Waals surface area contributed by atoms with Crippen LogP contribution in [0.5, 0.6) is 0 Å². The van der Waals surface area contributed by atoms with E-state index < -0.39 is 0 Å². The van der Waals surface area contributed by atoms with Crippen LogP contribution in [0.15, 0.2) is 0 Å². The number of amides is 1. The lowest BCUT2D eigenvalue weighted by Gasteiger charge is -2.01. The standard InChI is InChI=1S/C10H20N2O3S/c1-15-10(14)6-8-16-7-4-2-3-5-9(13)12-11/h2-8,11H2,1H3,(H,12,13). The number of methoxy groups -OCH3 is 1. The second-order valence-corrected chi connectivity index (χ2v) is 4.54. The van der Waals surface area contributed by atoms with Crippen LogP contribution < -0.4 is 11.3 Å². The van der Waals surface area contributed by atoms with Crippen LogP contribution in [-0.4, -0.2) is 30.5 Å². The number of nitrogens with two attached hydrogens (primary N) is 1. The maximum atomic E-state index is 10.8. The number of hydrogen-bond donors (Lipinski definition) is 2. The van der Waals surface area contributed by atoms with Crippen LogP contribution in [0.4, 0.5) is 0 Å². The van der Waals surface area contributed by atoms with E-state index in [2.05, 4.69) is 10.2 Å². The Hall–Kier alpha value is -0.750. The maximum absolute atomic E-state index is 10.8. The van der Waals surface area contributed by atoms with Crippen LogP contribution in [0.1, 0.15) is 32.1 Å². The first-order valence-corrected chi connectivity index (χ1v) is 6.50. The van der Waals surface area contributed by atoms with Crippen molar-refractivity contribution in [1.82, 2.24) is 5.43 Å². The lowest BCUT2D eigenvalue weighted by atomic mass is 10.2. The topological polar surface area (TPSA) is 81.4 Å². The van der Waals surface area contributed by atoms with Gasteiger partial charge in [0.15, 0.2) is 0 Å². The summed E-state index contributed by atoms with van der Waals surface area (Å²) in [5, 5.41) is 0. The smallest absolute Gasteiger partial charge is 0.306 e. The molecule has 94 valence electrons. The molecule has 5 nitrogen and oxygen atoms in total. The van der Waals surface area contributed by atoms with E-state index in [1.807, 2.05) is 0 Å². The van der Waals surface area contributed by atoms with Crippen molar-refractivity contribution in [3.8, 4) is 0 Å². The fraction of sp³-hybridized carbons (Fsp3) is 0.800. The minimum absolute atomic E-state index is 0.113. The summed E-state index contributed by atoms with van der Waals surface area (Å²) in [5.41, 5.74) is 2.10. The van der Waals surface area contributed by atoms with Crippen LogP contribution in [0.3, 0.4) is 0 Å². The van der Waals surface area contributed by atoms with Crippen molar-refractivity contribution in [2.75, 3.05) is 18.6 Å². The van der Waals surface area contributed by atoms with Crippen LogP contribution in [0.25, 0.3) is 0 Å². The fourth-order valence-electron chi connectivity index (χ4n) is 1.10. The second-order valence-electron chi connectivity index (χ2n) is 3.32. The molecule has 0 saturated carbocycles. The predicted molar refractivity (Wildman–Crippen MR) is 64.8 cm³/mol. The van der Waals surface area contributed by atoms with E-state index in [0.29, 0.717) is 12.8 Å². The molecule has 0 aliphatic heterocycles. The van der Waals surface area contributed by atoms with E-state index in [1.165, 1.54) is 7.11 Å². The maximum Gasteiger partial charge on any atom is 0.306 e. The van der Waals surface area contributed by atoms with Crippen molar-refractivity contribution in [2.45, 2.75) is 32.1 Å². The van der Waals surface area contributed by atoms with E-state index >= 15 is 0 Å². The molecule has 1 amide bonds. The molecule has 0 heterocycles. The van der Waals surface area contributed by atoms with E-state index in [4.69, 9.17) is 5.84 Å². The van der Waals surface area contributed by atoms with Crippen molar-refractivity contribution < 1.29 is 14.3 Å². The number of carbonyl (C=O) groups excluding carboxylic acids is 2. The highest BCUT2D eigenvalue weighted by Crippen LogP contribution is 2.09. The monoisotopic (exact) mass is 248 g/mol. The van der Waals surface area contributed by atoms with Gasteiger partial charge in [-0.1, -0.05) is 6.42 Å². The summed E-state index contributed by atoms with van der Waals surface area (Å²) in [7, 11) is 1.40. The molecule has 0 aliphatic rings. The molecule has 0 rings (SSSR count). The minimum Gasteiger partial charge on any atom is -0.469 e. The van der Waals surface area contributed by atoms with Gasteiger partial charge in [0.05, 0.1) is 13.5 Å². The van der Waals surface area contributed by atoms with Crippen molar-refractivity contribution >= 4 is 23.6 Å². The number of rotatable bonds is 9. The number of unbranched alkanes of at least 4 members (excludes halogenated alkanes) is 2. The van der Waals surface area contributed by atoms with Gasteiger partial charge in [0.25, 0.3) is 0 Å². The Labute approximate surface area is 100 Å². The molecule has 3 N–H and O–H groups in total. The minimum atomic E-state index is -0.160. The summed E-state index contributed by atoms with van der Waals surface area (Å²) in [6, 6.07) is 0. The Morgan fingerprint density at radius 3 is 2.56 bits per heavy atom. The summed E-state index contributed by atoms with van der Waals surface area (Å²) in [6.07, 6.45) is 3.89. The van der Waals surface area contributed by atoms with E-state index in [0.717, 1.165) is 30.8 Å². The molecule has 0 bridgehead atoms. The molecular formula is C10H20N2O3S. The molecule has 0 unspecified atom stereocenters. The Morgan fingerprint density at radius 2 is 1.94 bits per heavy atom. The summed E-state index contributed by atoms with van der Waals surface area (Å²) in [6.45, 7) is 0.